The number of H-pyrrole nitrogens is 1. The smallest absolute Gasteiger partial charge is 0.261 e. The van der Waals surface area contributed by atoms with Gasteiger partial charge in [-0.3, -0.25) is 9.79 Å². The van der Waals surface area contributed by atoms with E-state index in [0.717, 1.165) is 29.8 Å². The Balaban J connectivity index is 0.00000129. The number of hydrogen-bond acceptors (Lipinski definition) is 7. The Morgan fingerprint density at radius 2 is 2.06 bits per heavy atom. The van der Waals surface area contributed by atoms with Crippen molar-refractivity contribution in [2.75, 3.05) is 5.32 Å². The zero-order valence-corrected chi connectivity index (χ0v) is 19.9. The zero-order chi connectivity index (χ0) is 24.9. The number of nitrogens with two attached hydrogens (primary N) is 2. The van der Waals surface area contributed by atoms with Gasteiger partial charge in [-0.2, -0.15) is 5.26 Å². The van der Waals surface area contributed by atoms with Gasteiger partial charge in [0.2, 0.25) is 0 Å². The van der Waals surface area contributed by atoms with E-state index in [1.165, 1.54) is 31.2 Å². The fourth-order valence-electron chi connectivity index (χ4n) is 3.78. The molecule has 1 saturated carbocycles. The molecular weight excluding hydrogens is 428 g/mol. The molecule has 0 spiro atoms. The topological polar surface area (TPSA) is 149 Å². The molecule has 0 amide bonds. The average Bonchev–Trinajstić information content (AvgIpc) is 2.80. The Kier molecular flexibility index (Phi) is 10.5. The summed E-state index contributed by atoms with van der Waals surface area (Å²) in [6.45, 7) is 7.21. The van der Waals surface area contributed by atoms with Crippen molar-refractivity contribution in [3.05, 3.63) is 69.9 Å². The number of aromatic nitrogens is 1. The van der Waals surface area contributed by atoms with Gasteiger partial charge >= 0.3 is 0 Å². The minimum Gasteiger partial charge on any atom is -0.383 e. The second-order valence-electron chi connectivity index (χ2n) is 8.07. The Labute approximate surface area is 200 Å². The lowest BCUT2D eigenvalue weighted by Gasteiger charge is -2.24. The van der Waals surface area contributed by atoms with Crippen molar-refractivity contribution in [2.24, 2.45) is 21.6 Å². The van der Waals surface area contributed by atoms with E-state index < -0.39 is 0 Å². The number of aromatic amines is 1. The van der Waals surface area contributed by atoms with E-state index >= 15 is 0 Å². The first-order chi connectivity index (χ1) is 16.4. The molecule has 1 aliphatic rings. The third kappa shape index (κ3) is 8.22. The fraction of sp³-hybridized carbons (Fsp3) is 0.360. The monoisotopic (exact) mass is 462 g/mol. The van der Waals surface area contributed by atoms with E-state index in [4.69, 9.17) is 16.8 Å². The lowest BCUT2D eigenvalue weighted by Crippen LogP contribution is -2.29. The molecule has 1 fully saturated rings. The van der Waals surface area contributed by atoms with Crippen molar-refractivity contribution in [3.63, 3.8) is 0 Å². The highest BCUT2D eigenvalue weighted by Gasteiger charge is 2.17. The van der Waals surface area contributed by atoms with Crippen LogP contribution in [0.15, 0.2) is 63.2 Å². The maximum atomic E-state index is 12.6. The number of amidine groups is 1. The van der Waals surface area contributed by atoms with Gasteiger partial charge in [-0.05, 0) is 50.2 Å². The predicted octanol–water partition coefficient (Wildman–Crippen LogP) is 3.92. The van der Waals surface area contributed by atoms with Crippen molar-refractivity contribution in [1.29, 1.82) is 5.26 Å². The first-order valence-electron chi connectivity index (χ1n) is 11.3. The van der Waals surface area contributed by atoms with Gasteiger partial charge in [0.1, 0.15) is 11.4 Å². The van der Waals surface area contributed by atoms with Gasteiger partial charge in [0.25, 0.3) is 5.56 Å². The quantitative estimate of drug-likeness (QED) is 0.202. The number of nitrogens with one attached hydrogen (secondary N) is 2. The molecule has 0 radical (unpaired) electrons. The molecule has 9 heteroatoms. The highest BCUT2D eigenvalue weighted by molar-refractivity contribution is 6.03. The maximum Gasteiger partial charge on any atom is 0.261 e. The summed E-state index contributed by atoms with van der Waals surface area (Å²) in [5.41, 5.74) is 9.45. The van der Waals surface area contributed by atoms with E-state index in [1.54, 1.807) is 18.5 Å². The van der Waals surface area contributed by atoms with Gasteiger partial charge in [0, 0.05) is 25.4 Å². The fourth-order valence-corrected chi connectivity index (χ4v) is 3.78. The van der Waals surface area contributed by atoms with Gasteiger partial charge in [-0.25, -0.2) is 10.8 Å². The molecule has 0 saturated heterocycles. The van der Waals surface area contributed by atoms with Gasteiger partial charge in [0.05, 0.1) is 29.7 Å². The third-order valence-electron chi connectivity index (χ3n) is 5.31. The van der Waals surface area contributed by atoms with Crippen molar-refractivity contribution in [2.45, 2.75) is 58.5 Å². The molecule has 2 aromatic rings. The predicted molar refractivity (Wildman–Crippen MR) is 139 cm³/mol. The molecular formula is C25H34N8O. The van der Waals surface area contributed by atoms with Crippen LogP contribution in [-0.2, 0) is 6.54 Å². The van der Waals surface area contributed by atoms with Gasteiger partial charge in [0.15, 0.2) is 0 Å². The van der Waals surface area contributed by atoms with Crippen molar-refractivity contribution >= 4 is 23.9 Å². The van der Waals surface area contributed by atoms with Gasteiger partial charge in [-0.15, -0.1) is 0 Å². The number of aliphatic imine (C=N–C) groups is 2. The Hall–Kier alpha value is -3.90. The molecule has 6 N–H and O–H groups in total. The van der Waals surface area contributed by atoms with E-state index in [2.05, 4.69) is 27.0 Å². The molecule has 34 heavy (non-hydrogen) atoms. The Morgan fingerprint density at radius 3 is 2.74 bits per heavy atom. The minimum atomic E-state index is -0.260. The van der Waals surface area contributed by atoms with Crippen LogP contribution in [0.1, 0.15) is 57.1 Å². The van der Waals surface area contributed by atoms with Crippen LogP contribution < -0.4 is 22.5 Å². The van der Waals surface area contributed by atoms with Crippen LogP contribution in [0, 0.1) is 11.3 Å². The molecule has 1 aromatic carbocycles. The third-order valence-corrected chi connectivity index (χ3v) is 5.31. The summed E-state index contributed by atoms with van der Waals surface area (Å²) in [5.74, 6) is 6.18. The van der Waals surface area contributed by atoms with Crippen LogP contribution >= 0.6 is 0 Å². The number of benzene rings is 1. The average molecular weight is 463 g/mol. The van der Waals surface area contributed by atoms with Crippen LogP contribution in [0.25, 0.3) is 0 Å². The van der Waals surface area contributed by atoms with Crippen LogP contribution in [0.4, 0.5) is 11.4 Å². The summed E-state index contributed by atoms with van der Waals surface area (Å²) >= 11 is 0. The SMILES string of the molecule is C=N/C(C)=C\N(N)Cc1cccc(N=C(N)c2c(NC3CCCCC3)cc[nH]c2=O)c1.CC#N. The standard InChI is InChI=1S/C23H31N7O.C2H3N/c1-16(26-2)14-30(25)15-17-7-6-10-19(13-17)29-22(24)21-20(11-12-27-23(21)31)28-18-8-4-3-5-9-18;1-2-3/h6-7,10-14,18H,2-5,8-9,15,25H2,1H3,(H2,24,29)(H2,27,28,31);1H3/b16-14-;. The number of hydrogen-bond donors (Lipinski definition) is 4. The second kappa shape index (κ2) is 13.6. The van der Waals surface area contributed by atoms with Crippen molar-refractivity contribution in [3.8, 4) is 6.07 Å². The van der Waals surface area contributed by atoms with Crippen molar-refractivity contribution in [1.82, 2.24) is 9.99 Å². The highest BCUT2D eigenvalue weighted by atomic mass is 16.1. The number of anilines is 1. The molecule has 180 valence electrons. The number of allylic oxidation sites excluding steroid dienone is 1. The maximum absolute atomic E-state index is 12.6. The van der Waals surface area contributed by atoms with Crippen LogP contribution in [-0.4, -0.2) is 28.6 Å². The molecule has 3 rings (SSSR count). The summed E-state index contributed by atoms with van der Waals surface area (Å²) in [4.78, 5) is 23.6. The summed E-state index contributed by atoms with van der Waals surface area (Å²) in [6.07, 6.45) is 9.19. The van der Waals surface area contributed by atoms with Gasteiger partial charge < -0.3 is 21.0 Å². The van der Waals surface area contributed by atoms with Crippen molar-refractivity contribution < 1.29 is 0 Å². The van der Waals surface area contributed by atoms with E-state index in [9.17, 15) is 4.79 Å². The van der Waals surface area contributed by atoms with Crippen LogP contribution in [0.3, 0.4) is 0 Å². The number of hydrazine groups is 1. The first kappa shape index (κ1) is 26.4. The lowest BCUT2D eigenvalue weighted by atomic mass is 9.95. The van der Waals surface area contributed by atoms with Gasteiger partial charge in [-0.1, -0.05) is 31.4 Å². The molecule has 9 nitrogen and oxygen atoms in total. The first-order valence-corrected chi connectivity index (χ1v) is 11.3. The van der Waals surface area contributed by atoms with E-state index in [-0.39, 0.29) is 11.4 Å². The normalized spacial score (nSPS) is 14.4. The molecule has 0 unspecified atom stereocenters. The molecule has 0 bridgehead atoms. The molecule has 0 atom stereocenters. The lowest BCUT2D eigenvalue weighted by molar-refractivity contribution is 0.383. The summed E-state index contributed by atoms with van der Waals surface area (Å²) in [5, 5.41) is 12.3. The Bertz CT molecular complexity index is 1110. The molecule has 0 aliphatic heterocycles. The minimum absolute atomic E-state index is 0.175. The molecule has 1 aliphatic carbocycles. The van der Waals surface area contributed by atoms with Crippen LogP contribution in [0.5, 0.6) is 0 Å². The number of nitriles is 1. The number of nitrogens with zero attached hydrogens (tertiary/aromatic N) is 4. The molecule has 1 heterocycles. The zero-order valence-electron chi connectivity index (χ0n) is 19.9. The second-order valence-corrected chi connectivity index (χ2v) is 8.07. The van der Waals surface area contributed by atoms with Crippen LogP contribution in [0.2, 0.25) is 0 Å². The summed E-state index contributed by atoms with van der Waals surface area (Å²) in [7, 11) is 0. The molecule has 1 aromatic heterocycles. The highest BCUT2D eigenvalue weighted by Crippen LogP contribution is 2.23. The van der Waals surface area contributed by atoms with E-state index in [0.29, 0.717) is 23.8 Å². The summed E-state index contributed by atoms with van der Waals surface area (Å²) in [6, 6.07) is 11.5. The number of pyridine rings is 1. The largest absolute Gasteiger partial charge is 0.383 e. The van der Waals surface area contributed by atoms with E-state index in [1.807, 2.05) is 37.3 Å². The number of rotatable bonds is 8. The Morgan fingerprint density at radius 1 is 1.35 bits per heavy atom. The summed E-state index contributed by atoms with van der Waals surface area (Å²) < 4.78 is 0.